The quantitative estimate of drug-likeness (QED) is 0.515. The van der Waals surface area contributed by atoms with Crippen molar-refractivity contribution in [2.24, 2.45) is 40.4 Å². The Balaban J connectivity index is 1.49. The van der Waals surface area contributed by atoms with Crippen LogP contribution >= 0.6 is 10.8 Å². The predicted octanol–water partition coefficient (Wildman–Crippen LogP) is 4.11. The summed E-state index contributed by atoms with van der Waals surface area (Å²) in [6, 6.07) is 0. The van der Waals surface area contributed by atoms with Gasteiger partial charge in [0.25, 0.3) is 0 Å². The second kappa shape index (κ2) is 7.24. The summed E-state index contributed by atoms with van der Waals surface area (Å²) in [7, 11) is -3.29. The maximum absolute atomic E-state index is 12.1. The number of carbonyl (C=O) groups is 1. The Morgan fingerprint density at radius 1 is 1.07 bits per heavy atom. The molecule has 160 valence electrons. The maximum atomic E-state index is 12.1. The van der Waals surface area contributed by atoms with E-state index in [1.165, 1.54) is 12.8 Å². The minimum atomic E-state index is -3.95. The lowest BCUT2D eigenvalue weighted by atomic mass is 9.44. The zero-order valence-electron chi connectivity index (χ0n) is 17.0. The molecule has 0 spiro atoms. The van der Waals surface area contributed by atoms with Crippen LogP contribution in [0.25, 0.3) is 0 Å². The number of aliphatic hydroxyl groups is 1. The molecule has 7 heteroatoms. The van der Waals surface area contributed by atoms with Crippen molar-refractivity contribution >= 4 is 25.7 Å². The number of ketones is 1. The number of Topliss-reactive ketones (excluding diaryl/α,β-unsaturated/α-hetero) is 1. The SMILES string of the molecule is C[C@]12CCC3C(CC[C@@H]4CC(=O)C(O)C[C@]34C)C1CC[C@@H]2CCSS(=O)(=O)O. The molecule has 0 aromatic rings. The topological polar surface area (TPSA) is 91.7 Å². The van der Waals surface area contributed by atoms with Gasteiger partial charge in [0.05, 0.1) is 0 Å². The third-order valence-electron chi connectivity index (χ3n) is 9.41. The minimum absolute atomic E-state index is 0.0406. The summed E-state index contributed by atoms with van der Waals surface area (Å²) in [5.41, 5.74) is 0.337. The normalized spacial score (nSPS) is 48.6. The second-order valence-electron chi connectivity index (χ2n) is 10.4. The summed E-state index contributed by atoms with van der Waals surface area (Å²) in [5, 5.41) is 10.3. The average Bonchev–Trinajstić information content (AvgIpc) is 2.92. The maximum Gasteiger partial charge on any atom is 0.319 e. The fourth-order valence-corrected chi connectivity index (χ4v) is 9.49. The average molecular weight is 431 g/mol. The fourth-order valence-electron chi connectivity index (χ4n) is 7.98. The van der Waals surface area contributed by atoms with Crippen molar-refractivity contribution < 1.29 is 22.9 Å². The number of aliphatic hydroxyl groups excluding tert-OH is 1. The zero-order chi connectivity index (χ0) is 20.3. The molecular weight excluding hydrogens is 396 g/mol. The van der Waals surface area contributed by atoms with Crippen LogP contribution in [-0.4, -0.2) is 35.7 Å². The Morgan fingerprint density at radius 2 is 1.79 bits per heavy atom. The van der Waals surface area contributed by atoms with Gasteiger partial charge in [0, 0.05) is 12.2 Å². The Morgan fingerprint density at radius 3 is 2.50 bits per heavy atom. The predicted molar refractivity (Wildman–Crippen MR) is 110 cm³/mol. The van der Waals surface area contributed by atoms with Crippen molar-refractivity contribution in [3.05, 3.63) is 0 Å². The molecule has 4 rings (SSSR count). The van der Waals surface area contributed by atoms with E-state index in [0.717, 1.165) is 32.1 Å². The molecule has 4 saturated carbocycles. The van der Waals surface area contributed by atoms with Gasteiger partial charge >= 0.3 is 9.15 Å². The van der Waals surface area contributed by atoms with E-state index in [0.29, 0.717) is 59.0 Å². The molecule has 0 saturated heterocycles. The first-order valence-electron chi connectivity index (χ1n) is 10.9. The summed E-state index contributed by atoms with van der Waals surface area (Å²) in [6.07, 6.45) is 8.24. The number of carbonyl (C=O) groups excluding carboxylic acids is 1. The first-order valence-corrected chi connectivity index (χ1v) is 13.8. The number of hydrogen-bond donors (Lipinski definition) is 2. The van der Waals surface area contributed by atoms with Gasteiger partial charge in [-0.15, -0.1) is 0 Å². The zero-order valence-corrected chi connectivity index (χ0v) is 18.6. The summed E-state index contributed by atoms with van der Waals surface area (Å²) >= 11 is 0. The smallest absolute Gasteiger partial charge is 0.319 e. The van der Waals surface area contributed by atoms with E-state index in [4.69, 9.17) is 4.55 Å². The van der Waals surface area contributed by atoms with Gasteiger partial charge in [0.15, 0.2) is 5.78 Å². The molecule has 5 nitrogen and oxygen atoms in total. The van der Waals surface area contributed by atoms with Gasteiger partial charge in [0.1, 0.15) is 6.10 Å². The molecule has 0 aromatic carbocycles. The Kier molecular flexibility index (Phi) is 5.47. The van der Waals surface area contributed by atoms with Crippen molar-refractivity contribution in [1.82, 2.24) is 0 Å². The Bertz CT molecular complexity index is 737. The van der Waals surface area contributed by atoms with Crippen LogP contribution in [0.1, 0.15) is 71.6 Å². The van der Waals surface area contributed by atoms with E-state index in [1.807, 2.05) is 0 Å². The van der Waals surface area contributed by atoms with Crippen molar-refractivity contribution in [3.63, 3.8) is 0 Å². The number of rotatable bonds is 4. The Labute approximate surface area is 172 Å². The van der Waals surface area contributed by atoms with Gasteiger partial charge in [-0.25, -0.2) is 0 Å². The van der Waals surface area contributed by atoms with Crippen molar-refractivity contribution in [3.8, 4) is 0 Å². The van der Waals surface area contributed by atoms with Crippen LogP contribution in [0.4, 0.5) is 0 Å². The lowest BCUT2D eigenvalue weighted by molar-refractivity contribution is -0.155. The van der Waals surface area contributed by atoms with Crippen molar-refractivity contribution in [2.45, 2.75) is 77.7 Å². The van der Waals surface area contributed by atoms with E-state index >= 15 is 0 Å². The molecular formula is C21H34O5S2. The molecule has 0 aromatic heterocycles. The van der Waals surface area contributed by atoms with E-state index in [1.54, 1.807) is 0 Å². The Hall–Kier alpha value is -0.110. The minimum Gasteiger partial charge on any atom is -0.385 e. The lowest BCUT2D eigenvalue weighted by Crippen LogP contribution is -2.55. The molecule has 0 heterocycles. The molecule has 0 amide bonds. The molecule has 4 unspecified atom stereocenters. The highest BCUT2D eigenvalue weighted by Gasteiger charge is 2.60. The highest BCUT2D eigenvalue weighted by molar-refractivity contribution is 8.69. The number of fused-ring (bicyclic) bond motifs is 5. The summed E-state index contributed by atoms with van der Waals surface area (Å²) in [5.74, 6) is 3.39. The van der Waals surface area contributed by atoms with Gasteiger partial charge < -0.3 is 5.11 Å². The van der Waals surface area contributed by atoms with Crippen LogP contribution in [0.2, 0.25) is 0 Å². The van der Waals surface area contributed by atoms with E-state index in [9.17, 15) is 18.3 Å². The van der Waals surface area contributed by atoms with Crippen LogP contribution in [0.15, 0.2) is 0 Å². The third-order valence-corrected chi connectivity index (χ3v) is 11.5. The molecule has 4 fully saturated rings. The van der Waals surface area contributed by atoms with Crippen LogP contribution in [0.5, 0.6) is 0 Å². The molecule has 0 bridgehead atoms. The van der Waals surface area contributed by atoms with Crippen molar-refractivity contribution in [2.75, 3.05) is 5.75 Å². The first-order chi connectivity index (χ1) is 13.0. The summed E-state index contributed by atoms with van der Waals surface area (Å²) < 4.78 is 31.1. The summed E-state index contributed by atoms with van der Waals surface area (Å²) in [6.45, 7) is 4.75. The molecule has 2 N–H and O–H groups in total. The number of hydrogen-bond acceptors (Lipinski definition) is 5. The van der Waals surface area contributed by atoms with Gasteiger partial charge in [-0.3, -0.25) is 9.35 Å². The largest absolute Gasteiger partial charge is 0.385 e. The van der Waals surface area contributed by atoms with Crippen LogP contribution < -0.4 is 0 Å². The molecule has 8 atom stereocenters. The standard InChI is InChI=1S/C21H34O5S2/c1-20-9-7-17-15(5-3-14-11-18(22)19(23)12-21(14,17)2)16(20)6-4-13(20)8-10-27-28(24,25)26/h13-17,19,23H,3-12H2,1-2H3,(H,24,25,26)/t13-,14-,15?,16?,17?,19?,20-,21+/m1/s1. The lowest BCUT2D eigenvalue weighted by Gasteiger charge is -2.60. The fraction of sp³-hybridized carbons (Fsp3) is 0.952. The first kappa shape index (κ1) is 21.1. The monoisotopic (exact) mass is 430 g/mol. The van der Waals surface area contributed by atoms with Gasteiger partial charge in [-0.05, 0) is 103 Å². The summed E-state index contributed by atoms with van der Waals surface area (Å²) in [4.78, 5) is 12.1. The van der Waals surface area contributed by atoms with Gasteiger partial charge in [-0.1, -0.05) is 13.8 Å². The molecule has 0 aliphatic heterocycles. The van der Waals surface area contributed by atoms with Gasteiger partial charge in [-0.2, -0.15) is 8.42 Å². The van der Waals surface area contributed by atoms with E-state index in [-0.39, 0.29) is 16.6 Å². The van der Waals surface area contributed by atoms with Gasteiger partial charge in [0.2, 0.25) is 0 Å². The highest BCUT2D eigenvalue weighted by Crippen LogP contribution is 2.67. The van der Waals surface area contributed by atoms with Crippen LogP contribution in [-0.2, 0) is 13.9 Å². The van der Waals surface area contributed by atoms with Crippen LogP contribution in [0, 0.1) is 40.4 Å². The molecule has 28 heavy (non-hydrogen) atoms. The molecule has 4 aliphatic carbocycles. The second-order valence-corrected chi connectivity index (χ2v) is 13.9. The van der Waals surface area contributed by atoms with Crippen molar-refractivity contribution in [1.29, 1.82) is 0 Å². The van der Waals surface area contributed by atoms with Crippen LogP contribution in [0.3, 0.4) is 0 Å². The van der Waals surface area contributed by atoms with E-state index in [2.05, 4.69) is 13.8 Å². The molecule has 4 aliphatic rings. The third kappa shape index (κ3) is 3.48. The molecule has 0 radical (unpaired) electrons. The van der Waals surface area contributed by atoms with E-state index < -0.39 is 15.3 Å². The highest BCUT2D eigenvalue weighted by atomic mass is 33.1.